The zero-order valence-corrected chi connectivity index (χ0v) is 14.4. The van der Waals surface area contributed by atoms with Gasteiger partial charge in [-0.3, -0.25) is 14.5 Å². The lowest BCUT2D eigenvalue weighted by Gasteiger charge is -2.31. The second kappa shape index (κ2) is 10.2. The molecule has 0 saturated carbocycles. The summed E-state index contributed by atoms with van der Waals surface area (Å²) >= 11 is 6.30. The number of likely N-dealkylation sites (N-methyl/N-ethyl adjacent to an activating group) is 1. The number of nitrogens with one attached hydrogen (secondary N) is 2. The molecule has 23 heavy (non-hydrogen) atoms. The van der Waals surface area contributed by atoms with E-state index in [0.29, 0.717) is 11.6 Å². The summed E-state index contributed by atoms with van der Waals surface area (Å²) in [6, 6.07) is 7.60. The second-order valence-electron chi connectivity index (χ2n) is 5.04. The summed E-state index contributed by atoms with van der Waals surface area (Å²) in [5.74, 6) is -0.609. The molecule has 0 aliphatic heterocycles. The van der Waals surface area contributed by atoms with Gasteiger partial charge in [-0.05, 0) is 24.7 Å². The van der Waals surface area contributed by atoms with Crippen molar-refractivity contribution in [2.24, 2.45) is 5.73 Å². The SMILES string of the molecule is CCN(CC)C(CNC(=O)CNC(=O)CN)c1ccccc1Cl. The molecule has 1 unspecified atom stereocenters. The summed E-state index contributed by atoms with van der Waals surface area (Å²) < 4.78 is 0. The molecule has 0 fully saturated rings. The number of nitrogens with zero attached hydrogens (tertiary/aromatic N) is 1. The van der Waals surface area contributed by atoms with E-state index < -0.39 is 0 Å². The highest BCUT2D eigenvalue weighted by Crippen LogP contribution is 2.26. The van der Waals surface area contributed by atoms with Crippen LogP contribution in [-0.4, -0.2) is 49.4 Å². The minimum absolute atomic E-state index is 0.0205. The van der Waals surface area contributed by atoms with E-state index in [1.807, 2.05) is 24.3 Å². The summed E-state index contributed by atoms with van der Waals surface area (Å²) in [5, 5.41) is 5.97. The summed E-state index contributed by atoms with van der Waals surface area (Å²) in [6.07, 6.45) is 0. The summed E-state index contributed by atoms with van der Waals surface area (Å²) in [6.45, 7) is 6.02. The number of hydrogen-bond acceptors (Lipinski definition) is 4. The molecule has 6 nitrogen and oxygen atoms in total. The number of benzene rings is 1. The van der Waals surface area contributed by atoms with Gasteiger partial charge in [-0.25, -0.2) is 0 Å². The lowest BCUT2D eigenvalue weighted by molar-refractivity contribution is -0.125. The van der Waals surface area contributed by atoms with E-state index in [0.717, 1.165) is 18.7 Å². The fourth-order valence-electron chi connectivity index (χ4n) is 2.37. The molecular weight excluding hydrogens is 316 g/mol. The predicted octanol–water partition coefficient (Wildman–Crippen LogP) is 0.914. The minimum Gasteiger partial charge on any atom is -0.353 e. The second-order valence-corrected chi connectivity index (χ2v) is 5.45. The van der Waals surface area contributed by atoms with Gasteiger partial charge in [-0.2, -0.15) is 0 Å². The van der Waals surface area contributed by atoms with Gasteiger partial charge in [-0.1, -0.05) is 43.6 Å². The van der Waals surface area contributed by atoms with Crippen LogP contribution in [0, 0.1) is 0 Å². The van der Waals surface area contributed by atoms with Gasteiger partial charge >= 0.3 is 0 Å². The lowest BCUT2D eigenvalue weighted by Crippen LogP contribution is -2.43. The monoisotopic (exact) mass is 340 g/mol. The molecular formula is C16H25ClN4O2. The first-order valence-electron chi connectivity index (χ1n) is 7.75. The van der Waals surface area contributed by atoms with Crippen molar-refractivity contribution in [3.8, 4) is 0 Å². The molecule has 1 rings (SSSR count). The van der Waals surface area contributed by atoms with Crippen molar-refractivity contribution in [1.82, 2.24) is 15.5 Å². The molecule has 0 bridgehead atoms. The van der Waals surface area contributed by atoms with E-state index in [-0.39, 0.29) is 30.9 Å². The van der Waals surface area contributed by atoms with Gasteiger partial charge in [0.2, 0.25) is 11.8 Å². The van der Waals surface area contributed by atoms with Crippen LogP contribution in [0.5, 0.6) is 0 Å². The third-order valence-corrected chi connectivity index (χ3v) is 3.99. The normalized spacial score (nSPS) is 12.0. The van der Waals surface area contributed by atoms with Gasteiger partial charge in [0.15, 0.2) is 0 Å². The van der Waals surface area contributed by atoms with Crippen molar-refractivity contribution >= 4 is 23.4 Å². The van der Waals surface area contributed by atoms with Gasteiger partial charge < -0.3 is 16.4 Å². The standard InChI is InChI=1S/C16H25ClN4O2/c1-3-21(4-2)14(12-7-5-6-8-13(12)17)10-19-16(23)11-20-15(22)9-18/h5-8,14H,3-4,9-11,18H2,1-2H3,(H,19,23)(H,20,22). The van der Waals surface area contributed by atoms with Gasteiger partial charge in [0, 0.05) is 11.6 Å². The smallest absolute Gasteiger partial charge is 0.239 e. The van der Waals surface area contributed by atoms with Crippen LogP contribution in [-0.2, 0) is 9.59 Å². The zero-order chi connectivity index (χ0) is 17.2. The molecule has 0 aliphatic carbocycles. The maximum absolute atomic E-state index is 11.9. The van der Waals surface area contributed by atoms with Crippen LogP contribution in [0.15, 0.2) is 24.3 Å². The number of halogens is 1. The molecule has 0 aliphatic rings. The van der Waals surface area contributed by atoms with Gasteiger partial charge in [0.05, 0.1) is 19.1 Å². The molecule has 0 radical (unpaired) electrons. The molecule has 4 N–H and O–H groups in total. The number of nitrogens with two attached hydrogens (primary N) is 1. The highest BCUT2D eigenvalue weighted by Gasteiger charge is 2.21. The molecule has 0 aromatic heterocycles. The van der Waals surface area contributed by atoms with Crippen molar-refractivity contribution in [2.45, 2.75) is 19.9 Å². The molecule has 0 heterocycles. The predicted molar refractivity (Wildman–Crippen MR) is 92.2 cm³/mol. The largest absolute Gasteiger partial charge is 0.353 e. The van der Waals surface area contributed by atoms with Crippen molar-refractivity contribution in [3.05, 3.63) is 34.9 Å². The van der Waals surface area contributed by atoms with E-state index in [4.69, 9.17) is 17.3 Å². The van der Waals surface area contributed by atoms with Gasteiger partial charge in [-0.15, -0.1) is 0 Å². The van der Waals surface area contributed by atoms with Crippen LogP contribution < -0.4 is 16.4 Å². The van der Waals surface area contributed by atoms with Crippen molar-refractivity contribution in [1.29, 1.82) is 0 Å². The van der Waals surface area contributed by atoms with Crippen LogP contribution in [0.1, 0.15) is 25.5 Å². The number of amides is 2. The Morgan fingerprint density at radius 1 is 1.17 bits per heavy atom. The fraction of sp³-hybridized carbons (Fsp3) is 0.500. The highest BCUT2D eigenvalue weighted by atomic mass is 35.5. The van der Waals surface area contributed by atoms with Gasteiger partial charge in [0.1, 0.15) is 0 Å². The van der Waals surface area contributed by atoms with Crippen LogP contribution in [0.4, 0.5) is 0 Å². The Hall–Kier alpha value is -1.63. The van der Waals surface area contributed by atoms with E-state index >= 15 is 0 Å². The van der Waals surface area contributed by atoms with Crippen LogP contribution in [0.25, 0.3) is 0 Å². The van der Waals surface area contributed by atoms with Crippen LogP contribution in [0.2, 0.25) is 5.02 Å². The first-order valence-corrected chi connectivity index (χ1v) is 8.13. The number of carbonyl (C=O) groups is 2. The third kappa shape index (κ3) is 6.17. The number of hydrogen-bond donors (Lipinski definition) is 3. The Bertz CT molecular complexity index is 521. The van der Waals surface area contributed by atoms with Crippen molar-refractivity contribution < 1.29 is 9.59 Å². The zero-order valence-electron chi connectivity index (χ0n) is 13.6. The Morgan fingerprint density at radius 2 is 1.83 bits per heavy atom. The quantitative estimate of drug-likeness (QED) is 0.623. The van der Waals surface area contributed by atoms with Crippen molar-refractivity contribution in [3.63, 3.8) is 0 Å². The maximum Gasteiger partial charge on any atom is 0.239 e. The Kier molecular flexibility index (Phi) is 8.61. The summed E-state index contributed by atoms with van der Waals surface area (Å²) in [5.41, 5.74) is 6.16. The fourth-order valence-corrected chi connectivity index (χ4v) is 2.63. The van der Waals surface area contributed by atoms with E-state index in [2.05, 4.69) is 29.4 Å². The molecule has 7 heteroatoms. The minimum atomic E-state index is -0.355. The Morgan fingerprint density at radius 3 is 2.39 bits per heavy atom. The Labute approximate surface area is 142 Å². The molecule has 1 atom stereocenters. The number of carbonyl (C=O) groups excluding carboxylic acids is 2. The van der Waals surface area contributed by atoms with Crippen molar-refractivity contribution in [2.75, 3.05) is 32.7 Å². The molecule has 0 saturated heterocycles. The third-order valence-electron chi connectivity index (χ3n) is 3.64. The van der Waals surface area contributed by atoms with Crippen LogP contribution >= 0.6 is 11.6 Å². The average molecular weight is 341 g/mol. The topological polar surface area (TPSA) is 87.5 Å². The molecule has 1 aromatic rings. The summed E-state index contributed by atoms with van der Waals surface area (Å²) in [4.78, 5) is 25.2. The molecule has 1 aromatic carbocycles. The average Bonchev–Trinajstić information content (AvgIpc) is 2.57. The molecule has 0 spiro atoms. The molecule has 2 amide bonds. The van der Waals surface area contributed by atoms with E-state index in [1.165, 1.54) is 0 Å². The first kappa shape index (κ1) is 19.4. The van der Waals surface area contributed by atoms with E-state index in [1.54, 1.807) is 0 Å². The number of rotatable bonds is 9. The maximum atomic E-state index is 11.9. The van der Waals surface area contributed by atoms with E-state index in [9.17, 15) is 9.59 Å². The Balaban J connectivity index is 2.73. The summed E-state index contributed by atoms with van der Waals surface area (Å²) in [7, 11) is 0. The van der Waals surface area contributed by atoms with Gasteiger partial charge in [0.25, 0.3) is 0 Å². The first-order chi connectivity index (χ1) is 11.0. The lowest BCUT2D eigenvalue weighted by atomic mass is 10.0. The highest BCUT2D eigenvalue weighted by molar-refractivity contribution is 6.31. The van der Waals surface area contributed by atoms with Crippen LogP contribution in [0.3, 0.4) is 0 Å². The molecule has 128 valence electrons.